The first-order valence-electron chi connectivity index (χ1n) is 10.6. The van der Waals surface area contributed by atoms with Crippen LogP contribution in [0.3, 0.4) is 0 Å². The molecule has 2 aliphatic rings. The SMILES string of the molecule is O=C1N[C@@H](Cc2ccccc2)C(=O)N2C[C@@H](NCc3nc(-c4ccccc4)cs3)C[C@@H]12. The fourth-order valence-corrected chi connectivity index (χ4v) is 5.11. The second-order valence-corrected chi connectivity index (χ2v) is 9.01. The van der Waals surface area contributed by atoms with Crippen LogP contribution in [0.5, 0.6) is 0 Å². The lowest BCUT2D eigenvalue weighted by Gasteiger charge is -2.34. The molecule has 3 aromatic rings. The summed E-state index contributed by atoms with van der Waals surface area (Å²) in [5.41, 5.74) is 3.13. The van der Waals surface area contributed by atoms with Gasteiger partial charge in [0, 0.05) is 36.5 Å². The van der Waals surface area contributed by atoms with Crippen molar-refractivity contribution in [1.82, 2.24) is 20.5 Å². The average Bonchev–Trinajstić information content (AvgIpc) is 3.45. The smallest absolute Gasteiger partial charge is 0.246 e. The quantitative estimate of drug-likeness (QED) is 0.628. The molecule has 2 aromatic carbocycles. The van der Waals surface area contributed by atoms with E-state index >= 15 is 0 Å². The Morgan fingerprint density at radius 3 is 2.58 bits per heavy atom. The number of thiazole rings is 1. The Kier molecular flexibility index (Phi) is 5.53. The first kappa shape index (κ1) is 19.9. The van der Waals surface area contributed by atoms with Crippen LogP contribution in [0, 0.1) is 0 Å². The molecule has 158 valence electrons. The van der Waals surface area contributed by atoms with E-state index in [1.165, 1.54) is 0 Å². The van der Waals surface area contributed by atoms with Gasteiger partial charge in [0.2, 0.25) is 11.8 Å². The zero-order chi connectivity index (χ0) is 21.2. The fraction of sp³-hybridized carbons (Fsp3) is 0.292. The Bertz CT molecular complexity index is 1070. The van der Waals surface area contributed by atoms with E-state index in [4.69, 9.17) is 4.98 Å². The lowest BCUT2D eigenvalue weighted by atomic mass is 10.0. The number of fused-ring (bicyclic) bond motifs is 1. The van der Waals surface area contributed by atoms with Gasteiger partial charge in [-0.2, -0.15) is 0 Å². The number of carbonyl (C=O) groups excluding carboxylic acids is 2. The molecule has 3 atom stereocenters. The van der Waals surface area contributed by atoms with E-state index in [-0.39, 0.29) is 23.9 Å². The number of nitrogens with zero attached hydrogens (tertiary/aromatic N) is 2. The molecular formula is C24H24N4O2S. The lowest BCUT2D eigenvalue weighted by Crippen LogP contribution is -2.61. The van der Waals surface area contributed by atoms with Gasteiger partial charge in [0.15, 0.2) is 0 Å². The number of aromatic nitrogens is 1. The first-order valence-corrected chi connectivity index (χ1v) is 11.4. The summed E-state index contributed by atoms with van der Waals surface area (Å²) in [6.45, 7) is 1.19. The van der Waals surface area contributed by atoms with Crippen LogP contribution in [0.2, 0.25) is 0 Å². The van der Waals surface area contributed by atoms with Crippen LogP contribution < -0.4 is 10.6 Å². The van der Waals surface area contributed by atoms with Gasteiger partial charge in [-0.15, -0.1) is 11.3 Å². The number of hydrogen-bond acceptors (Lipinski definition) is 5. The van der Waals surface area contributed by atoms with Crippen molar-refractivity contribution < 1.29 is 9.59 Å². The number of piperazine rings is 1. The molecule has 6 nitrogen and oxygen atoms in total. The summed E-state index contributed by atoms with van der Waals surface area (Å²) >= 11 is 1.62. The van der Waals surface area contributed by atoms with Crippen LogP contribution in [0.1, 0.15) is 17.0 Å². The normalized spacial score (nSPS) is 23.0. The molecular weight excluding hydrogens is 408 g/mol. The molecule has 0 saturated carbocycles. The zero-order valence-corrected chi connectivity index (χ0v) is 17.8. The van der Waals surface area contributed by atoms with Crippen LogP contribution in [0.4, 0.5) is 0 Å². The van der Waals surface area contributed by atoms with E-state index in [1.54, 1.807) is 16.2 Å². The van der Waals surface area contributed by atoms with E-state index in [2.05, 4.69) is 28.1 Å². The summed E-state index contributed by atoms with van der Waals surface area (Å²) in [6.07, 6.45) is 1.15. The molecule has 7 heteroatoms. The number of benzene rings is 2. The third-order valence-electron chi connectivity index (χ3n) is 5.95. The molecule has 2 aliphatic heterocycles. The minimum absolute atomic E-state index is 0.0124. The molecule has 31 heavy (non-hydrogen) atoms. The van der Waals surface area contributed by atoms with Gasteiger partial charge in [-0.1, -0.05) is 60.7 Å². The highest BCUT2D eigenvalue weighted by Crippen LogP contribution is 2.25. The summed E-state index contributed by atoms with van der Waals surface area (Å²) in [5, 5.41) is 9.50. The number of rotatable bonds is 6. The van der Waals surface area contributed by atoms with Crippen molar-refractivity contribution in [3.8, 4) is 11.3 Å². The maximum atomic E-state index is 13.0. The van der Waals surface area contributed by atoms with Crippen molar-refractivity contribution in [3.05, 3.63) is 76.6 Å². The molecule has 2 saturated heterocycles. The fourth-order valence-electron chi connectivity index (χ4n) is 4.36. The Morgan fingerprint density at radius 1 is 1.06 bits per heavy atom. The van der Waals surface area contributed by atoms with Crippen LogP contribution in [-0.2, 0) is 22.6 Å². The zero-order valence-electron chi connectivity index (χ0n) is 17.0. The second kappa shape index (κ2) is 8.61. The Hall–Kier alpha value is -3.03. The van der Waals surface area contributed by atoms with Crippen LogP contribution >= 0.6 is 11.3 Å². The van der Waals surface area contributed by atoms with E-state index in [0.717, 1.165) is 21.8 Å². The molecule has 2 fully saturated rings. The minimum atomic E-state index is -0.489. The predicted octanol–water partition coefficient (Wildman–Crippen LogP) is 2.61. The highest BCUT2D eigenvalue weighted by atomic mass is 32.1. The summed E-state index contributed by atoms with van der Waals surface area (Å²) in [5.74, 6) is -0.0381. The topological polar surface area (TPSA) is 74.3 Å². The number of amides is 2. The molecule has 0 bridgehead atoms. The first-order chi connectivity index (χ1) is 15.2. The van der Waals surface area contributed by atoms with Gasteiger partial charge in [0.25, 0.3) is 0 Å². The Balaban J connectivity index is 1.20. The standard InChI is InChI=1S/C24H24N4O2S/c29-23-21-12-18(25-13-22-26-20(15-31-22)17-9-5-2-6-10-17)14-28(21)24(30)19(27-23)11-16-7-3-1-4-8-16/h1-10,15,18-19,21,25H,11-14H2,(H,27,29)/t18-,19-,21-/m0/s1. The number of hydrogen-bond donors (Lipinski definition) is 2. The van der Waals surface area contributed by atoms with Crippen molar-refractivity contribution >= 4 is 23.2 Å². The monoisotopic (exact) mass is 432 g/mol. The van der Waals surface area contributed by atoms with Gasteiger partial charge in [-0.25, -0.2) is 4.98 Å². The van der Waals surface area contributed by atoms with Gasteiger partial charge in [-0.3, -0.25) is 9.59 Å². The molecule has 1 aromatic heterocycles. The highest BCUT2D eigenvalue weighted by Gasteiger charge is 2.46. The van der Waals surface area contributed by atoms with Crippen molar-refractivity contribution in [3.63, 3.8) is 0 Å². The highest BCUT2D eigenvalue weighted by molar-refractivity contribution is 7.09. The van der Waals surface area contributed by atoms with Crippen LogP contribution in [-0.4, -0.2) is 46.4 Å². The molecule has 5 rings (SSSR count). The Labute approximate surface area is 185 Å². The average molecular weight is 433 g/mol. The van der Waals surface area contributed by atoms with Gasteiger partial charge in [0.1, 0.15) is 17.1 Å². The molecule has 0 unspecified atom stereocenters. The summed E-state index contributed by atoms with van der Waals surface area (Å²) in [4.78, 5) is 32.1. The van der Waals surface area contributed by atoms with E-state index < -0.39 is 6.04 Å². The molecule has 2 amide bonds. The molecule has 0 radical (unpaired) electrons. The number of nitrogens with one attached hydrogen (secondary N) is 2. The van der Waals surface area contributed by atoms with E-state index in [0.29, 0.717) is 25.9 Å². The van der Waals surface area contributed by atoms with E-state index in [9.17, 15) is 9.59 Å². The third-order valence-corrected chi connectivity index (χ3v) is 6.80. The second-order valence-electron chi connectivity index (χ2n) is 8.06. The van der Waals surface area contributed by atoms with Crippen molar-refractivity contribution in [1.29, 1.82) is 0 Å². The number of carbonyl (C=O) groups is 2. The van der Waals surface area contributed by atoms with Crippen LogP contribution in [0.15, 0.2) is 66.0 Å². The van der Waals surface area contributed by atoms with Crippen molar-refractivity contribution in [2.45, 2.75) is 37.5 Å². The van der Waals surface area contributed by atoms with Gasteiger partial charge < -0.3 is 15.5 Å². The summed E-state index contributed by atoms with van der Waals surface area (Å²) < 4.78 is 0. The maximum Gasteiger partial charge on any atom is 0.246 e. The predicted molar refractivity (Wildman–Crippen MR) is 120 cm³/mol. The minimum Gasteiger partial charge on any atom is -0.342 e. The van der Waals surface area contributed by atoms with Crippen molar-refractivity contribution in [2.75, 3.05) is 6.54 Å². The molecule has 0 aliphatic carbocycles. The lowest BCUT2D eigenvalue weighted by molar-refractivity contribution is -0.147. The molecule has 3 heterocycles. The largest absolute Gasteiger partial charge is 0.342 e. The van der Waals surface area contributed by atoms with Crippen LogP contribution in [0.25, 0.3) is 11.3 Å². The van der Waals surface area contributed by atoms with Crippen molar-refractivity contribution in [2.24, 2.45) is 0 Å². The van der Waals surface area contributed by atoms with Gasteiger partial charge in [0.05, 0.1) is 5.69 Å². The van der Waals surface area contributed by atoms with Gasteiger partial charge in [-0.05, 0) is 12.0 Å². The molecule has 0 spiro atoms. The third kappa shape index (κ3) is 4.24. The van der Waals surface area contributed by atoms with E-state index in [1.807, 2.05) is 48.5 Å². The summed E-state index contributed by atoms with van der Waals surface area (Å²) in [7, 11) is 0. The summed E-state index contributed by atoms with van der Waals surface area (Å²) in [6, 6.07) is 19.1. The molecule has 2 N–H and O–H groups in total. The Morgan fingerprint density at radius 2 is 1.81 bits per heavy atom. The maximum absolute atomic E-state index is 13.0. The van der Waals surface area contributed by atoms with Gasteiger partial charge >= 0.3 is 0 Å².